The van der Waals surface area contributed by atoms with Crippen molar-refractivity contribution in [2.75, 3.05) is 13.2 Å². The van der Waals surface area contributed by atoms with Crippen LogP contribution in [0.15, 0.2) is 0 Å². The van der Waals surface area contributed by atoms with Gasteiger partial charge in [0.2, 0.25) is 0 Å². The Kier molecular flexibility index (Phi) is 2.31. The standard InChI is InChI=1S/C12H21NO2/c14-2-1-13-11-9-3-8-4-10(11)7-12(15,5-8)6-9/h8-11,13-15H,1-7H2. The van der Waals surface area contributed by atoms with Crippen LogP contribution in [0.3, 0.4) is 0 Å². The van der Waals surface area contributed by atoms with Gasteiger partial charge in [-0.2, -0.15) is 0 Å². The van der Waals surface area contributed by atoms with Crippen molar-refractivity contribution in [2.24, 2.45) is 17.8 Å². The fourth-order valence-corrected chi connectivity index (χ4v) is 4.55. The van der Waals surface area contributed by atoms with Gasteiger partial charge in [-0.25, -0.2) is 0 Å². The molecule has 0 spiro atoms. The van der Waals surface area contributed by atoms with Crippen LogP contribution in [0.2, 0.25) is 0 Å². The van der Waals surface area contributed by atoms with Gasteiger partial charge in [0.1, 0.15) is 0 Å². The summed E-state index contributed by atoms with van der Waals surface area (Å²) in [7, 11) is 0. The maximum atomic E-state index is 10.4. The first-order valence-electron chi connectivity index (χ1n) is 6.27. The summed E-state index contributed by atoms with van der Waals surface area (Å²) in [5, 5.41) is 22.7. The van der Waals surface area contributed by atoms with Gasteiger partial charge < -0.3 is 15.5 Å². The summed E-state index contributed by atoms with van der Waals surface area (Å²) in [6.45, 7) is 0.935. The fourth-order valence-electron chi connectivity index (χ4n) is 4.55. The highest BCUT2D eigenvalue weighted by Crippen LogP contribution is 2.55. The van der Waals surface area contributed by atoms with E-state index in [0.717, 1.165) is 25.2 Å². The zero-order valence-corrected chi connectivity index (χ0v) is 9.15. The Labute approximate surface area is 90.9 Å². The Bertz CT molecular complexity index is 240. The summed E-state index contributed by atoms with van der Waals surface area (Å²) in [4.78, 5) is 0. The first kappa shape index (κ1) is 10.1. The molecule has 3 heteroatoms. The highest BCUT2D eigenvalue weighted by molar-refractivity contribution is 5.07. The van der Waals surface area contributed by atoms with E-state index in [9.17, 15) is 5.11 Å². The summed E-state index contributed by atoms with van der Waals surface area (Å²) in [5.74, 6) is 2.10. The number of rotatable bonds is 3. The Morgan fingerprint density at radius 3 is 2.33 bits per heavy atom. The minimum atomic E-state index is -0.326. The lowest BCUT2D eigenvalue weighted by Crippen LogP contribution is -2.61. The van der Waals surface area contributed by atoms with Crippen molar-refractivity contribution in [3.05, 3.63) is 0 Å². The molecule has 86 valence electrons. The number of aliphatic hydroxyl groups is 2. The average molecular weight is 211 g/mol. The second kappa shape index (κ2) is 3.44. The van der Waals surface area contributed by atoms with E-state index in [1.54, 1.807) is 0 Å². The molecule has 0 aromatic carbocycles. The lowest BCUT2D eigenvalue weighted by Gasteiger charge is -2.58. The average Bonchev–Trinajstić information content (AvgIpc) is 2.14. The smallest absolute Gasteiger partial charge is 0.0657 e. The number of hydrogen-bond donors (Lipinski definition) is 3. The Hall–Kier alpha value is -0.120. The van der Waals surface area contributed by atoms with Crippen molar-refractivity contribution in [1.82, 2.24) is 5.32 Å². The van der Waals surface area contributed by atoms with Crippen LogP contribution in [-0.2, 0) is 0 Å². The molecule has 0 radical (unpaired) electrons. The van der Waals surface area contributed by atoms with Crippen LogP contribution in [0.1, 0.15) is 32.1 Å². The molecular formula is C12H21NO2. The summed E-state index contributed by atoms with van der Waals surface area (Å²) < 4.78 is 0. The van der Waals surface area contributed by atoms with E-state index in [4.69, 9.17) is 5.11 Å². The highest BCUT2D eigenvalue weighted by atomic mass is 16.3. The molecule has 4 bridgehead atoms. The molecule has 15 heavy (non-hydrogen) atoms. The first-order valence-corrected chi connectivity index (χ1v) is 6.27. The largest absolute Gasteiger partial charge is 0.395 e. The molecule has 0 heterocycles. The topological polar surface area (TPSA) is 52.5 Å². The van der Waals surface area contributed by atoms with Gasteiger partial charge in [-0.05, 0) is 49.9 Å². The summed E-state index contributed by atoms with van der Waals surface area (Å²) >= 11 is 0. The van der Waals surface area contributed by atoms with Gasteiger partial charge >= 0.3 is 0 Å². The van der Waals surface area contributed by atoms with Gasteiger partial charge in [-0.1, -0.05) is 0 Å². The molecule has 4 saturated carbocycles. The van der Waals surface area contributed by atoms with Gasteiger partial charge in [0.15, 0.2) is 0 Å². The molecular weight excluding hydrogens is 190 g/mol. The Morgan fingerprint density at radius 1 is 1.13 bits per heavy atom. The van der Waals surface area contributed by atoms with E-state index >= 15 is 0 Å². The van der Waals surface area contributed by atoms with Crippen LogP contribution in [0.25, 0.3) is 0 Å². The molecule has 4 rings (SSSR count). The quantitative estimate of drug-likeness (QED) is 0.637. The van der Waals surface area contributed by atoms with Gasteiger partial charge in [0.05, 0.1) is 12.2 Å². The lowest BCUT2D eigenvalue weighted by molar-refractivity contribution is -0.138. The third kappa shape index (κ3) is 1.61. The normalized spacial score (nSPS) is 52.4. The molecule has 4 aliphatic carbocycles. The van der Waals surface area contributed by atoms with E-state index < -0.39 is 0 Å². The minimum absolute atomic E-state index is 0.226. The maximum absolute atomic E-state index is 10.4. The van der Waals surface area contributed by atoms with Crippen LogP contribution in [0.4, 0.5) is 0 Å². The van der Waals surface area contributed by atoms with Crippen molar-refractivity contribution in [3.8, 4) is 0 Å². The molecule has 2 atom stereocenters. The SMILES string of the molecule is OCCNC1C2CC3CC1CC(O)(C3)C2. The molecule has 4 aliphatic rings. The fraction of sp³-hybridized carbons (Fsp3) is 1.00. The van der Waals surface area contributed by atoms with E-state index in [1.807, 2.05) is 0 Å². The predicted octanol–water partition coefficient (Wildman–Crippen LogP) is 0.508. The summed E-state index contributed by atoms with van der Waals surface area (Å²) in [6.07, 6.45) is 5.61. The monoisotopic (exact) mass is 211 g/mol. The van der Waals surface area contributed by atoms with Gasteiger partial charge in [-0.15, -0.1) is 0 Å². The van der Waals surface area contributed by atoms with Gasteiger partial charge in [0, 0.05) is 12.6 Å². The second-order valence-corrected chi connectivity index (χ2v) is 5.90. The van der Waals surface area contributed by atoms with Crippen molar-refractivity contribution >= 4 is 0 Å². The van der Waals surface area contributed by atoms with Crippen molar-refractivity contribution in [3.63, 3.8) is 0 Å². The summed E-state index contributed by atoms with van der Waals surface area (Å²) in [5.41, 5.74) is -0.326. The van der Waals surface area contributed by atoms with E-state index in [1.165, 1.54) is 12.8 Å². The van der Waals surface area contributed by atoms with Crippen LogP contribution >= 0.6 is 0 Å². The third-order valence-electron chi connectivity index (χ3n) is 4.73. The zero-order chi connectivity index (χ0) is 10.5. The maximum Gasteiger partial charge on any atom is 0.0657 e. The van der Waals surface area contributed by atoms with Gasteiger partial charge in [-0.3, -0.25) is 0 Å². The predicted molar refractivity (Wildman–Crippen MR) is 57.4 cm³/mol. The molecule has 2 unspecified atom stereocenters. The third-order valence-corrected chi connectivity index (χ3v) is 4.73. The van der Waals surface area contributed by atoms with E-state index in [0.29, 0.717) is 24.4 Å². The van der Waals surface area contributed by atoms with E-state index in [2.05, 4.69) is 5.32 Å². The second-order valence-electron chi connectivity index (χ2n) is 5.90. The molecule has 3 N–H and O–H groups in total. The molecule has 0 saturated heterocycles. The van der Waals surface area contributed by atoms with Crippen LogP contribution in [0, 0.1) is 17.8 Å². The van der Waals surface area contributed by atoms with Gasteiger partial charge in [0.25, 0.3) is 0 Å². The summed E-state index contributed by atoms with van der Waals surface area (Å²) in [6, 6.07) is 0.564. The molecule has 4 fully saturated rings. The highest BCUT2D eigenvalue weighted by Gasteiger charge is 2.54. The number of hydrogen-bond acceptors (Lipinski definition) is 3. The first-order chi connectivity index (χ1) is 7.20. The van der Waals surface area contributed by atoms with Crippen LogP contribution in [-0.4, -0.2) is 35.0 Å². The number of aliphatic hydroxyl groups excluding tert-OH is 1. The molecule has 3 nitrogen and oxygen atoms in total. The molecule has 0 aromatic heterocycles. The van der Waals surface area contributed by atoms with Crippen molar-refractivity contribution < 1.29 is 10.2 Å². The molecule has 0 amide bonds. The van der Waals surface area contributed by atoms with Crippen molar-refractivity contribution in [2.45, 2.75) is 43.7 Å². The van der Waals surface area contributed by atoms with Crippen molar-refractivity contribution in [1.29, 1.82) is 0 Å². The van der Waals surface area contributed by atoms with Crippen LogP contribution in [0.5, 0.6) is 0 Å². The molecule has 0 aliphatic heterocycles. The Balaban J connectivity index is 1.73. The van der Waals surface area contributed by atoms with Crippen LogP contribution < -0.4 is 5.32 Å². The zero-order valence-electron chi connectivity index (χ0n) is 9.15. The minimum Gasteiger partial charge on any atom is -0.395 e. The molecule has 0 aromatic rings. The number of nitrogens with one attached hydrogen (secondary N) is 1. The lowest BCUT2D eigenvalue weighted by atomic mass is 9.52. The van der Waals surface area contributed by atoms with E-state index in [-0.39, 0.29) is 12.2 Å². The Morgan fingerprint density at radius 2 is 1.80 bits per heavy atom.